The van der Waals surface area contributed by atoms with Crippen LogP contribution in [0.1, 0.15) is 52.4 Å². The number of hydrogen-bond donors (Lipinski definition) is 4. The van der Waals surface area contributed by atoms with Gasteiger partial charge in [0.05, 0.1) is 13.7 Å². The maximum atomic E-state index is 12.9. The van der Waals surface area contributed by atoms with Crippen molar-refractivity contribution in [2.75, 3.05) is 20.3 Å². The van der Waals surface area contributed by atoms with Crippen molar-refractivity contribution in [3.8, 4) is 0 Å². The highest BCUT2D eigenvalue weighted by atomic mass is 16.5. The lowest BCUT2D eigenvalue weighted by Gasteiger charge is -2.30. The molecule has 2 amide bonds. The summed E-state index contributed by atoms with van der Waals surface area (Å²) in [7, 11) is 1.26. The summed E-state index contributed by atoms with van der Waals surface area (Å²) >= 11 is 0. The van der Waals surface area contributed by atoms with E-state index in [1.54, 1.807) is 0 Å². The number of cyclic esters (lactones) is 1. The van der Waals surface area contributed by atoms with E-state index in [2.05, 4.69) is 10.6 Å². The Morgan fingerprint density at radius 1 is 1.21 bits per heavy atom. The van der Waals surface area contributed by atoms with E-state index in [0.29, 0.717) is 45.1 Å². The molecule has 28 heavy (non-hydrogen) atoms. The summed E-state index contributed by atoms with van der Waals surface area (Å²) in [5.41, 5.74) is 0. The van der Waals surface area contributed by atoms with Crippen molar-refractivity contribution in [3.05, 3.63) is 0 Å². The molecule has 0 radical (unpaired) electrons. The van der Waals surface area contributed by atoms with Gasteiger partial charge in [0.1, 0.15) is 6.04 Å². The number of aliphatic hydroxyl groups is 2. The third kappa shape index (κ3) is 8.43. The Kier molecular flexibility index (Phi) is 10.8. The second kappa shape index (κ2) is 12.6. The van der Waals surface area contributed by atoms with Gasteiger partial charge >= 0.3 is 12.1 Å². The summed E-state index contributed by atoms with van der Waals surface area (Å²) in [6.45, 7) is 4.40. The Hall–Kier alpha value is -1.87. The molecule has 0 saturated carbocycles. The van der Waals surface area contributed by atoms with Gasteiger partial charge < -0.3 is 30.3 Å². The van der Waals surface area contributed by atoms with Gasteiger partial charge in [0.25, 0.3) is 0 Å². The Bertz CT molecular complexity index is 511. The maximum absolute atomic E-state index is 12.9. The van der Waals surface area contributed by atoms with Crippen LogP contribution in [0.3, 0.4) is 0 Å². The molecule has 0 aromatic carbocycles. The molecule has 0 aliphatic carbocycles. The zero-order valence-electron chi connectivity index (χ0n) is 17.0. The van der Waals surface area contributed by atoms with Crippen LogP contribution in [0.15, 0.2) is 0 Å². The van der Waals surface area contributed by atoms with Crippen LogP contribution in [0.4, 0.5) is 4.79 Å². The first-order chi connectivity index (χ1) is 13.3. The molecule has 9 nitrogen and oxygen atoms in total. The number of carbonyl (C=O) groups excluding carboxylic acids is 3. The molecule has 1 saturated heterocycles. The minimum absolute atomic E-state index is 0.121. The van der Waals surface area contributed by atoms with E-state index in [4.69, 9.17) is 9.47 Å². The minimum Gasteiger partial charge on any atom is -0.467 e. The fourth-order valence-corrected chi connectivity index (χ4v) is 3.41. The Morgan fingerprint density at radius 2 is 1.93 bits per heavy atom. The van der Waals surface area contributed by atoms with Crippen molar-refractivity contribution >= 4 is 18.0 Å². The van der Waals surface area contributed by atoms with Gasteiger partial charge in [-0.1, -0.05) is 13.8 Å². The zero-order valence-corrected chi connectivity index (χ0v) is 17.0. The van der Waals surface area contributed by atoms with Crippen LogP contribution < -0.4 is 10.6 Å². The molecule has 1 aliphatic rings. The number of esters is 1. The second-order valence-corrected chi connectivity index (χ2v) is 7.60. The average Bonchev–Trinajstić information content (AvgIpc) is 2.63. The molecule has 0 aromatic rings. The standard InChI is InChI=1S/C19H34N2O7/c1-12(2)11-14-13(17(23)24)7-6-10-28-19(26)20-9-5-4-8-15(18(25)27-3)21-16(14)22/h12-15,17,23-24H,4-11H2,1-3H3,(H,20,26)(H,21,22). The SMILES string of the molecule is COC(=O)C1CCCCNC(=O)OCCCC(C(O)O)C(CC(C)C)C(=O)N1. The van der Waals surface area contributed by atoms with E-state index >= 15 is 0 Å². The Labute approximate surface area is 166 Å². The summed E-state index contributed by atoms with van der Waals surface area (Å²) in [6, 6.07) is -0.819. The summed E-state index contributed by atoms with van der Waals surface area (Å²) in [6.07, 6.45) is 0.437. The molecule has 1 rings (SSSR count). The molecule has 3 atom stereocenters. The van der Waals surface area contributed by atoms with Crippen molar-refractivity contribution in [3.63, 3.8) is 0 Å². The lowest BCUT2D eigenvalue weighted by atomic mass is 9.81. The summed E-state index contributed by atoms with van der Waals surface area (Å²) in [5, 5.41) is 25.1. The first-order valence-electron chi connectivity index (χ1n) is 9.91. The molecule has 1 fully saturated rings. The van der Waals surface area contributed by atoms with Gasteiger partial charge in [-0.3, -0.25) is 4.79 Å². The first kappa shape index (κ1) is 24.2. The summed E-state index contributed by atoms with van der Waals surface area (Å²) in [4.78, 5) is 36.7. The smallest absolute Gasteiger partial charge is 0.407 e. The summed E-state index contributed by atoms with van der Waals surface area (Å²) in [5.74, 6) is -2.23. The van der Waals surface area contributed by atoms with Gasteiger partial charge in [0, 0.05) is 18.4 Å². The maximum Gasteiger partial charge on any atom is 0.407 e. The van der Waals surface area contributed by atoms with E-state index < -0.39 is 42.1 Å². The number of ether oxygens (including phenoxy) is 2. The number of alkyl carbamates (subject to hydrolysis) is 1. The lowest BCUT2D eigenvalue weighted by Crippen LogP contribution is -2.47. The predicted octanol–water partition coefficient (Wildman–Crippen LogP) is 0.924. The van der Waals surface area contributed by atoms with Crippen molar-refractivity contribution < 1.29 is 34.1 Å². The summed E-state index contributed by atoms with van der Waals surface area (Å²) < 4.78 is 9.87. The fraction of sp³-hybridized carbons (Fsp3) is 0.842. The van der Waals surface area contributed by atoms with Gasteiger partial charge in [-0.15, -0.1) is 0 Å². The third-order valence-corrected chi connectivity index (χ3v) is 4.87. The predicted molar refractivity (Wildman–Crippen MR) is 101 cm³/mol. The van der Waals surface area contributed by atoms with E-state index in [1.165, 1.54) is 7.11 Å². The van der Waals surface area contributed by atoms with Crippen LogP contribution >= 0.6 is 0 Å². The van der Waals surface area contributed by atoms with E-state index in [9.17, 15) is 24.6 Å². The second-order valence-electron chi connectivity index (χ2n) is 7.60. The number of aliphatic hydroxyl groups excluding tert-OH is 1. The quantitative estimate of drug-likeness (QED) is 0.406. The zero-order chi connectivity index (χ0) is 21.1. The van der Waals surface area contributed by atoms with Crippen molar-refractivity contribution in [1.82, 2.24) is 10.6 Å². The highest BCUT2D eigenvalue weighted by Crippen LogP contribution is 2.28. The molecule has 4 N–H and O–H groups in total. The molecule has 3 unspecified atom stereocenters. The Balaban J connectivity index is 3.04. The highest BCUT2D eigenvalue weighted by Gasteiger charge is 2.35. The first-order valence-corrected chi connectivity index (χ1v) is 9.91. The monoisotopic (exact) mass is 402 g/mol. The average molecular weight is 402 g/mol. The van der Waals surface area contributed by atoms with Gasteiger partial charge in [0.2, 0.25) is 5.91 Å². The molecule has 1 heterocycles. The van der Waals surface area contributed by atoms with Crippen LogP contribution in [0.2, 0.25) is 0 Å². The van der Waals surface area contributed by atoms with Gasteiger partial charge in [0.15, 0.2) is 6.29 Å². The van der Waals surface area contributed by atoms with Crippen LogP contribution in [-0.4, -0.2) is 60.8 Å². The molecular formula is C19H34N2O7. The largest absolute Gasteiger partial charge is 0.467 e. The van der Waals surface area contributed by atoms with Crippen molar-refractivity contribution in [1.29, 1.82) is 0 Å². The number of hydrogen-bond acceptors (Lipinski definition) is 7. The van der Waals surface area contributed by atoms with Crippen LogP contribution in [0.5, 0.6) is 0 Å². The van der Waals surface area contributed by atoms with Crippen molar-refractivity contribution in [2.24, 2.45) is 17.8 Å². The molecule has 0 spiro atoms. The number of methoxy groups -OCH3 is 1. The van der Waals surface area contributed by atoms with Crippen LogP contribution in [0.25, 0.3) is 0 Å². The third-order valence-electron chi connectivity index (χ3n) is 4.87. The van der Waals surface area contributed by atoms with E-state index in [0.717, 1.165) is 0 Å². The van der Waals surface area contributed by atoms with E-state index in [-0.39, 0.29) is 12.5 Å². The van der Waals surface area contributed by atoms with Crippen LogP contribution in [-0.2, 0) is 19.1 Å². The highest BCUT2D eigenvalue weighted by molar-refractivity contribution is 5.85. The molecule has 9 heteroatoms. The van der Waals surface area contributed by atoms with Crippen molar-refractivity contribution in [2.45, 2.75) is 64.7 Å². The topological polar surface area (TPSA) is 134 Å². The number of rotatable bonds is 4. The molecule has 162 valence electrons. The number of amides is 2. The normalized spacial score (nSPS) is 25.9. The minimum atomic E-state index is -1.70. The molecule has 1 aliphatic heterocycles. The fourth-order valence-electron chi connectivity index (χ4n) is 3.41. The van der Waals surface area contributed by atoms with Gasteiger partial charge in [-0.2, -0.15) is 0 Å². The van der Waals surface area contributed by atoms with Gasteiger partial charge in [-0.05, 0) is 44.4 Å². The lowest BCUT2D eigenvalue weighted by molar-refractivity contribution is -0.149. The molecule has 0 aromatic heterocycles. The van der Waals surface area contributed by atoms with Gasteiger partial charge in [-0.25, -0.2) is 9.59 Å². The molecular weight excluding hydrogens is 368 g/mol. The Morgan fingerprint density at radius 3 is 2.54 bits per heavy atom. The number of carbonyl (C=O) groups is 3. The van der Waals surface area contributed by atoms with Crippen LogP contribution in [0, 0.1) is 17.8 Å². The van der Waals surface area contributed by atoms with E-state index in [1.807, 2.05) is 13.8 Å². The molecule has 0 bridgehead atoms. The number of nitrogens with one attached hydrogen (secondary N) is 2.